The summed E-state index contributed by atoms with van der Waals surface area (Å²) in [5, 5.41) is 0.966. The zero-order valence-corrected chi connectivity index (χ0v) is 20.9. The lowest BCUT2D eigenvalue weighted by Crippen LogP contribution is -2.41. The van der Waals surface area contributed by atoms with E-state index in [1.165, 1.54) is 46.1 Å². The maximum Gasteiger partial charge on any atom is 0.244 e. The second-order valence-corrected chi connectivity index (χ2v) is 10.9. The Morgan fingerprint density at radius 1 is 1.03 bits per heavy atom. The molecule has 0 radical (unpaired) electrons. The number of likely N-dealkylation sites (N-methyl/N-ethyl adjacent to an activating group) is 1. The number of hydrogen-bond acceptors (Lipinski definition) is 6. The molecular formula is C23H28ClN3O3S2. The van der Waals surface area contributed by atoms with Crippen LogP contribution in [0.15, 0.2) is 47.4 Å². The molecule has 0 saturated carbocycles. The molecule has 0 aliphatic heterocycles. The number of benzene rings is 2. The van der Waals surface area contributed by atoms with E-state index in [1.807, 2.05) is 12.1 Å². The van der Waals surface area contributed by atoms with Gasteiger partial charge in [-0.3, -0.25) is 9.69 Å². The van der Waals surface area contributed by atoms with Crippen molar-refractivity contribution in [3.05, 3.63) is 53.1 Å². The largest absolute Gasteiger partial charge is 0.302 e. The summed E-state index contributed by atoms with van der Waals surface area (Å²) in [7, 11) is -3.81. The Labute approximate surface area is 198 Å². The third-order valence-corrected chi connectivity index (χ3v) is 8.31. The van der Waals surface area contributed by atoms with E-state index in [2.05, 4.69) is 36.7 Å². The molecule has 0 N–H and O–H groups in total. The van der Waals surface area contributed by atoms with E-state index in [0.717, 1.165) is 29.7 Å². The number of halogens is 1. The van der Waals surface area contributed by atoms with Gasteiger partial charge in [0.2, 0.25) is 5.91 Å². The van der Waals surface area contributed by atoms with Crippen molar-refractivity contribution in [1.82, 2.24) is 9.88 Å². The minimum absolute atomic E-state index is 0.0795. The van der Waals surface area contributed by atoms with Crippen LogP contribution in [-0.4, -0.2) is 56.1 Å². The monoisotopic (exact) mass is 493 g/mol. The molecule has 1 heterocycles. The molecule has 3 aromatic rings. The fourth-order valence-corrected chi connectivity index (χ4v) is 5.76. The van der Waals surface area contributed by atoms with Gasteiger partial charge < -0.3 is 4.90 Å². The molecule has 0 spiro atoms. The highest BCUT2D eigenvalue weighted by atomic mass is 35.5. The number of amides is 1. The first-order valence-corrected chi connectivity index (χ1v) is 13.5. The van der Waals surface area contributed by atoms with Gasteiger partial charge in [0, 0.05) is 18.1 Å². The molecule has 0 saturated heterocycles. The highest BCUT2D eigenvalue weighted by Gasteiger charge is 2.27. The lowest BCUT2D eigenvalue weighted by atomic mass is 10.2. The lowest BCUT2D eigenvalue weighted by Gasteiger charge is -2.24. The molecule has 0 aliphatic carbocycles. The zero-order valence-electron chi connectivity index (χ0n) is 18.5. The molecule has 0 fully saturated rings. The van der Waals surface area contributed by atoms with Gasteiger partial charge in [-0.1, -0.05) is 49.8 Å². The van der Waals surface area contributed by atoms with Crippen LogP contribution >= 0.6 is 22.9 Å². The first-order chi connectivity index (χ1) is 15.3. The molecular weight excluding hydrogens is 466 g/mol. The lowest BCUT2D eigenvalue weighted by molar-refractivity contribution is -0.116. The SMILES string of the molecule is CCc1ccc2nc(N(CCN(CC)CC)C(=O)CS(=O)(=O)c3ccc(Cl)cc3)sc2c1. The summed E-state index contributed by atoms with van der Waals surface area (Å²) in [5.74, 6) is -1.11. The van der Waals surface area contributed by atoms with Crippen molar-refractivity contribution in [3.8, 4) is 0 Å². The predicted octanol–water partition coefficient (Wildman–Crippen LogP) is 4.66. The maximum atomic E-state index is 13.3. The van der Waals surface area contributed by atoms with E-state index >= 15 is 0 Å². The molecule has 32 heavy (non-hydrogen) atoms. The smallest absolute Gasteiger partial charge is 0.244 e. The van der Waals surface area contributed by atoms with Crippen molar-refractivity contribution in [2.24, 2.45) is 0 Å². The molecule has 1 aromatic heterocycles. The van der Waals surface area contributed by atoms with Crippen LogP contribution in [0, 0.1) is 0 Å². The number of aryl methyl sites for hydroxylation is 1. The second kappa shape index (κ2) is 10.7. The minimum atomic E-state index is -3.81. The van der Waals surface area contributed by atoms with E-state index < -0.39 is 21.5 Å². The van der Waals surface area contributed by atoms with E-state index in [4.69, 9.17) is 11.6 Å². The van der Waals surface area contributed by atoms with Crippen LogP contribution in [0.4, 0.5) is 5.13 Å². The Morgan fingerprint density at radius 3 is 2.34 bits per heavy atom. The molecule has 2 aromatic carbocycles. The number of carbonyl (C=O) groups is 1. The number of anilines is 1. The Balaban J connectivity index is 1.91. The van der Waals surface area contributed by atoms with Gasteiger partial charge in [0.1, 0.15) is 5.75 Å². The summed E-state index contributed by atoms with van der Waals surface area (Å²) < 4.78 is 26.7. The van der Waals surface area contributed by atoms with Crippen LogP contribution in [0.25, 0.3) is 10.2 Å². The normalized spacial score (nSPS) is 11.9. The standard InChI is InChI=1S/C23H28ClN3O3S2/c1-4-17-7-12-20-21(15-17)31-23(25-20)27(14-13-26(5-2)6-3)22(28)16-32(29,30)19-10-8-18(24)9-11-19/h7-12,15H,4-6,13-14,16H2,1-3H3. The zero-order chi connectivity index (χ0) is 23.3. The topological polar surface area (TPSA) is 70.6 Å². The Kier molecular flexibility index (Phi) is 8.27. The summed E-state index contributed by atoms with van der Waals surface area (Å²) in [6.45, 7) is 8.91. The number of thiazole rings is 1. The maximum absolute atomic E-state index is 13.3. The first-order valence-electron chi connectivity index (χ1n) is 10.7. The molecule has 3 rings (SSSR count). The van der Waals surface area contributed by atoms with Crippen molar-refractivity contribution in [2.75, 3.05) is 36.8 Å². The molecule has 1 amide bonds. The third-order valence-electron chi connectivity index (χ3n) is 5.40. The van der Waals surface area contributed by atoms with Gasteiger partial charge in [-0.2, -0.15) is 0 Å². The molecule has 0 unspecified atom stereocenters. The number of nitrogens with zero attached hydrogens (tertiary/aromatic N) is 3. The van der Waals surface area contributed by atoms with Crippen LogP contribution in [0.5, 0.6) is 0 Å². The van der Waals surface area contributed by atoms with Crippen molar-refractivity contribution in [1.29, 1.82) is 0 Å². The third kappa shape index (κ3) is 5.86. The Morgan fingerprint density at radius 2 is 1.72 bits per heavy atom. The van der Waals surface area contributed by atoms with Crippen molar-refractivity contribution < 1.29 is 13.2 Å². The van der Waals surface area contributed by atoms with Crippen molar-refractivity contribution in [2.45, 2.75) is 32.1 Å². The predicted molar refractivity (Wildman–Crippen MR) is 133 cm³/mol. The van der Waals surface area contributed by atoms with Crippen molar-refractivity contribution >= 4 is 54.0 Å². The fourth-order valence-electron chi connectivity index (χ4n) is 3.37. The van der Waals surface area contributed by atoms with Crippen LogP contribution < -0.4 is 4.90 Å². The minimum Gasteiger partial charge on any atom is -0.302 e. The highest BCUT2D eigenvalue weighted by Crippen LogP contribution is 2.30. The quantitative estimate of drug-likeness (QED) is 0.410. The summed E-state index contributed by atoms with van der Waals surface area (Å²) in [6.07, 6.45) is 0.910. The number of fused-ring (bicyclic) bond motifs is 1. The second-order valence-electron chi connectivity index (χ2n) is 7.44. The van der Waals surface area contributed by atoms with E-state index in [1.54, 1.807) is 0 Å². The van der Waals surface area contributed by atoms with Crippen LogP contribution in [0.1, 0.15) is 26.3 Å². The molecule has 0 bridgehead atoms. The van der Waals surface area contributed by atoms with Crippen molar-refractivity contribution in [3.63, 3.8) is 0 Å². The van der Waals surface area contributed by atoms with Crippen LogP contribution in [-0.2, 0) is 21.1 Å². The summed E-state index contributed by atoms with van der Waals surface area (Å²) in [6, 6.07) is 11.9. The van der Waals surface area contributed by atoms with Gasteiger partial charge in [-0.15, -0.1) is 0 Å². The summed E-state index contributed by atoms with van der Waals surface area (Å²) in [4.78, 5) is 21.7. The molecule has 9 heteroatoms. The van der Waals surface area contributed by atoms with Gasteiger partial charge in [0.15, 0.2) is 15.0 Å². The highest BCUT2D eigenvalue weighted by molar-refractivity contribution is 7.92. The number of rotatable bonds is 10. The number of hydrogen-bond donors (Lipinski definition) is 0. The molecule has 0 atom stereocenters. The van der Waals surface area contributed by atoms with Crippen LogP contribution in [0.3, 0.4) is 0 Å². The van der Waals surface area contributed by atoms with E-state index in [9.17, 15) is 13.2 Å². The van der Waals surface area contributed by atoms with E-state index in [0.29, 0.717) is 23.2 Å². The van der Waals surface area contributed by atoms with Crippen LogP contribution in [0.2, 0.25) is 5.02 Å². The average molecular weight is 494 g/mol. The number of sulfone groups is 1. The summed E-state index contributed by atoms with van der Waals surface area (Å²) in [5.41, 5.74) is 2.00. The van der Waals surface area contributed by atoms with E-state index in [-0.39, 0.29) is 4.90 Å². The molecule has 0 aliphatic rings. The van der Waals surface area contributed by atoms with Gasteiger partial charge in [-0.05, 0) is 61.5 Å². The Bertz CT molecular complexity index is 1170. The number of aromatic nitrogens is 1. The first kappa shape index (κ1) is 24.6. The fraction of sp³-hybridized carbons (Fsp3) is 0.391. The van der Waals surface area contributed by atoms with Gasteiger partial charge in [0.05, 0.1) is 15.1 Å². The van der Waals surface area contributed by atoms with Gasteiger partial charge in [-0.25, -0.2) is 13.4 Å². The Hall–Kier alpha value is -2.00. The number of carbonyl (C=O) groups excluding carboxylic acids is 1. The molecule has 6 nitrogen and oxygen atoms in total. The van der Waals surface area contributed by atoms with Gasteiger partial charge >= 0.3 is 0 Å². The average Bonchev–Trinajstić information content (AvgIpc) is 3.19. The molecule has 172 valence electrons. The summed E-state index contributed by atoms with van der Waals surface area (Å²) >= 11 is 7.29. The van der Waals surface area contributed by atoms with Gasteiger partial charge in [0.25, 0.3) is 0 Å².